The zero-order valence-corrected chi connectivity index (χ0v) is 19.7. The SMILES string of the molecule is CNC(=O)NC(=O)C(C)Sc1nc2sc3c(c2c(=O)n1-c1ccccc1OC)CCCC3. The average Bonchev–Trinajstić information content (AvgIpc) is 3.17. The molecular formula is C22H24N4O4S2. The Labute approximate surface area is 193 Å². The van der Waals surface area contributed by atoms with Crippen molar-refractivity contribution in [3.8, 4) is 11.4 Å². The number of benzene rings is 1. The van der Waals surface area contributed by atoms with Crippen LogP contribution >= 0.6 is 23.1 Å². The van der Waals surface area contributed by atoms with Gasteiger partial charge in [0.2, 0.25) is 5.91 Å². The van der Waals surface area contributed by atoms with Gasteiger partial charge in [-0.3, -0.25) is 19.5 Å². The summed E-state index contributed by atoms with van der Waals surface area (Å²) >= 11 is 2.69. The fourth-order valence-corrected chi connectivity index (χ4v) is 6.00. The molecular weight excluding hydrogens is 448 g/mol. The summed E-state index contributed by atoms with van der Waals surface area (Å²) < 4.78 is 7.03. The van der Waals surface area contributed by atoms with Crippen LogP contribution in [0.4, 0.5) is 4.79 Å². The van der Waals surface area contributed by atoms with Crippen LogP contribution in [0.3, 0.4) is 0 Å². The van der Waals surface area contributed by atoms with Gasteiger partial charge in [0.25, 0.3) is 5.56 Å². The number of urea groups is 1. The van der Waals surface area contributed by atoms with Crippen molar-refractivity contribution in [1.82, 2.24) is 20.2 Å². The van der Waals surface area contributed by atoms with Gasteiger partial charge in [0, 0.05) is 11.9 Å². The Kier molecular flexibility index (Phi) is 6.52. The number of fused-ring (bicyclic) bond motifs is 3. The average molecular weight is 473 g/mol. The monoisotopic (exact) mass is 472 g/mol. The lowest BCUT2D eigenvalue weighted by molar-refractivity contribution is -0.119. The molecule has 1 aliphatic rings. The number of nitrogens with zero attached hydrogens (tertiary/aromatic N) is 2. The molecule has 0 fully saturated rings. The van der Waals surface area contributed by atoms with Gasteiger partial charge in [-0.25, -0.2) is 9.78 Å². The first kappa shape index (κ1) is 22.3. The second-order valence-electron chi connectivity index (χ2n) is 7.43. The number of thiophene rings is 1. The Morgan fingerprint density at radius 2 is 2.00 bits per heavy atom. The molecule has 10 heteroatoms. The van der Waals surface area contributed by atoms with Crippen LogP contribution in [0.15, 0.2) is 34.2 Å². The van der Waals surface area contributed by atoms with E-state index in [9.17, 15) is 14.4 Å². The second-order valence-corrected chi connectivity index (χ2v) is 9.82. The van der Waals surface area contributed by atoms with Crippen molar-refractivity contribution in [2.75, 3.05) is 14.2 Å². The normalized spacial score (nSPS) is 14.0. The number of carbonyl (C=O) groups is 2. The number of hydrogen-bond acceptors (Lipinski definition) is 7. The fourth-order valence-electron chi connectivity index (χ4n) is 3.78. The highest BCUT2D eigenvalue weighted by Crippen LogP contribution is 2.36. The quantitative estimate of drug-likeness (QED) is 0.437. The van der Waals surface area contributed by atoms with Crippen LogP contribution in [0.1, 0.15) is 30.2 Å². The summed E-state index contributed by atoms with van der Waals surface area (Å²) in [6.07, 6.45) is 3.99. The molecule has 0 radical (unpaired) electrons. The first-order chi connectivity index (χ1) is 15.4. The molecule has 1 unspecified atom stereocenters. The van der Waals surface area contributed by atoms with Gasteiger partial charge in [0.1, 0.15) is 10.6 Å². The number of imide groups is 1. The molecule has 2 aromatic heterocycles. The Bertz CT molecular complexity index is 1250. The number of aryl methyl sites for hydroxylation is 2. The number of carbonyl (C=O) groups excluding carboxylic acids is 2. The number of methoxy groups -OCH3 is 1. The Morgan fingerprint density at radius 3 is 2.75 bits per heavy atom. The third kappa shape index (κ3) is 4.12. The summed E-state index contributed by atoms with van der Waals surface area (Å²) in [5.74, 6) is 0.0601. The van der Waals surface area contributed by atoms with Gasteiger partial charge in [-0.05, 0) is 50.3 Å². The first-order valence-corrected chi connectivity index (χ1v) is 12.0. The lowest BCUT2D eigenvalue weighted by Gasteiger charge is -2.17. The predicted octanol–water partition coefficient (Wildman–Crippen LogP) is 3.27. The fraction of sp³-hybridized carbons (Fsp3) is 0.364. The zero-order valence-electron chi connectivity index (χ0n) is 18.1. The highest BCUT2D eigenvalue weighted by atomic mass is 32.2. The van der Waals surface area contributed by atoms with Gasteiger partial charge in [-0.15, -0.1) is 11.3 Å². The zero-order chi connectivity index (χ0) is 22.8. The second kappa shape index (κ2) is 9.33. The highest BCUT2D eigenvalue weighted by molar-refractivity contribution is 8.00. The third-order valence-electron chi connectivity index (χ3n) is 5.40. The van der Waals surface area contributed by atoms with E-state index in [1.807, 2.05) is 12.1 Å². The number of ether oxygens (including phenoxy) is 1. The minimum absolute atomic E-state index is 0.166. The maximum absolute atomic E-state index is 13.8. The number of rotatable bonds is 5. The number of para-hydroxylation sites is 2. The van der Waals surface area contributed by atoms with Crippen LogP contribution in [-0.2, 0) is 17.6 Å². The molecule has 8 nitrogen and oxygen atoms in total. The van der Waals surface area contributed by atoms with E-state index < -0.39 is 17.2 Å². The van der Waals surface area contributed by atoms with E-state index in [1.165, 1.54) is 16.5 Å². The molecule has 4 rings (SSSR count). The standard InChI is InChI=1S/C22H24N4O4S2/c1-12(18(27)24-21(29)23-2)31-22-25-19-17(13-8-4-7-11-16(13)32-19)20(28)26(22)14-9-5-6-10-15(14)30-3/h5-6,9-10,12H,4,7-8,11H2,1-3H3,(H2,23,24,27,29). The summed E-state index contributed by atoms with van der Waals surface area (Å²) in [4.78, 5) is 44.6. The highest BCUT2D eigenvalue weighted by Gasteiger charge is 2.26. The molecule has 2 N–H and O–H groups in total. The van der Waals surface area contributed by atoms with Crippen LogP contribution in [0, 0.1) is 0 Å². The van der Waals surface area contributed by atoms with E-state index in [0.717, 1.165) is 43.0 Å². The first-order valence-electron chi connectivity index (χ1n) is 10.3. The molecule has 0 saturated heterocycles. The minimum atomic E-state index is -0.660. The van der Waals surface area contributed by atoms with Crippen molar-refractivity contribution in [3.63, 3.8) is 0 Å². The van der Waals surface area contributed by atoms with Gasteiger partial charge in [-0.1, -0.05) is 23.9 Å². The van der Waals surface area contributed by atoms with Gasteiger partial charge >= 0.3 is 6.03 Å². The minimum Gasteiger partial charge on any atom is -0.495 e. The number of hydrogen-bond donors (Lipinski definition) is 2. The number of aromatic nitrogens is 2. The molecule has 0 aliphatic heterocycles. The van der Waals surface area contributed by atoms with Crippen LogP contribution in [0.5, 0.6) is 5.75 Å². The van der Waals surface area contributed by atoms with Crippen molar-refractivity contribution < 1.29 is 14.3 Å². The summed E-state index contributed by atoms with van der Waals surface area (Å²) in [6, 6.07) is 6.65. The van der Waals surface area contributed by atoms with Crippen LogP contribution in [0.25, 0.3) is 15.9 Å². The van der Waals surface area contributed by atoms with Crippen molar-refractivity contribution >= 4 is 45.3 Å². The smallest absolute Gasteiger partial charge is 0.321 e. The summed E-state index contributed by atoms with van der Waals surface area (Å²) in [6.45, 7) is 1.67. The van der Waals surface area contributed by atoms with Crippen molar-refractivity contribution in [1.29, 1.82) is 0 Å². The molecule has 3 amide bonds. The van der Waals surface area contributed by atoms with Crippen LogP contribution in [0.2, 0.25) is 0 Å². The van der Waals surface area contributed by atoms with Gasteiger partial charge in [0.05, 0.1) is 23.4 Å². The molecule has 32 heavy (non-hydrogen) atoms. The van der Waals surface area contributed by atoms with E-state index in [4.69, 9.17) is 9.72 Å². The largest absolute Gasteiger partial charge is 0.495 e. The van der Waals surface area contributed by atoms with Crippen LogP contribution < -0.4 is 20.9 Å². The number of amides is 3. The number of nitrogens with one attached hydrogen (secondary N) is 2. The molecule has 1 aromatic carbocycles. The molecule has 1 aliphatic carbocycles. The number of thioether (sulfide) groups is 1. The Hall–Kier alpha value is -2.85. The molecule has 0 spiro atoms. The van der Waals surface area contributed by atoms with Crippen LogP contribution in [-0.4, -0.2) is 40.9 Å². The van der Waals surface area contributed by atoms with Gasteiger partial charge < -0.3 is 10.1 Å². The Morgan fingerprint density at radius 1 is 1.25 bits per heavy atom. The molecule has 0 saturated carbocycles. The molecule has 1 atom stereocenters. The molecule has 3 aromatic rings. The maximum atomic E-state index is 13.8. The van der Waals surface area contributed by atoms with Gasteiger partial charge in [-0.2, -0.15) is 0 Å². The third-order valence-corrected chi connectivity index (χ3v) is 7.64. The molecule has 168 valence electrons. The van der Waals surface area contributed by atoms with E-state index in [2.05, 4.69) is 10.6 Å². The summed E-state index contributed by atoms with van der Waals surface area (Å²) in [5, 5.41) is 5.01. The molecule has 0 bridgehead atoms. The van der Waals surface area contributed by atoms with Crippen molar-refractivity contribution in [3.05, 3.63) is 45.1 Å². The summed E-state index contributed by atoms with van der Waals surface area (Å²) in [5.41, 5.74) is 1.49. The molecule has 2 heterocycles. The van der Waals surface area contributed by atoms with Gasteiger partial charge in [0.15, 0.2) is 5.16 Å². The Balaban J connectivity index is 1.88. The van der Waals surface area contributed by atoms with Crippen molar-refractivity contribution in [2.45, 2.75) is 43.0 Å². The maximum Gasteiger partial charge on any atom is 0.321 e. The lowest BCUT2D eigenvalue weighted by Crippen LogP contribution is -2.41. The van der Waals surface area contributed by atoms with Crippen molar-refractivity contribution in [2.24, 2.45) is 0 Å². The van der Waals surface area contributed by atoms with E-state index in [1.54, 1.807) is 37.5 Å². The lowest BCUT2D eigenvalue weighted by atomic mass is 9.97. The van der Waals surface area contributed by atoms with E-state index >= 15 is 0 Å². The predicted molar refractivity (Wildman–Crippen MR) is 126 cm³/mol. The summed E-state index contributed by atoms with van der Waals surface area (Å²) in [7, 11) is 2.99. The van der Waals surface area contributed by atoms with E-state index in [0.29, 0.717) is 26.8 Å². The van der Waals surface area contributed by atoms with E-state index in [-0.39, 0.29) is 5.56 Å². The topological polar surface area (TPSA) is 102 Å².